The fourth-order valence-electron chi connectivity index (χ4n) is 0.945. The van der Waals surface area contributed by atoms with Crippen LogP contribution in [0.25, 0.3) is 0 Å². The van der Waals surface area contributed by atoms with Crippen molar-refractivity contribution in [3.63, 3.8) is 0 Å². The number of carbonyl (C=O) groups is 1. The van der Waals surface area contributed by atoms with Gasteiger partial charge >= 0.3 is 0 Å². The highest BCUT2D eigenvalue weighted by Crippen LogP contribution is 1.99. The smallest absolute Gasteiger partial charge is 0.222 e. The second-order valence-corrected chi connectivity index (χ2v) is 3.56. The SMILES string of the molecule is CCC(N)CCNC(=O)C(C)CC. The number of rotatable bonds is 6. The summed E-state index contributed by atoms with van der Waals surface area (Å²) < 4.78 is 0. The van der Waals surface area contributed by atoms with Gasteiger partial charge in [0.05, 0.1) is 0 Å². The zero-order valence-corrected chi connectivity index (χ0v) is 8.97. The van der Waals surface area contributed by atoms with Gasteiger partial charge in [-0.15, -0.1) is 0 Å². The molecule has 0 rings (SSSR count). The number of amides is 1. The van der Waals surface area contributed by atoms with Crippen molar-refractivity contribution >= 4 is 5.91 Å². The maximum atomic E-state index is 11.3. The van der Waals surface area contributed by atoms with Crippen LogP contribution in [0.1, 0.15) is 40.0 Å². The van der Waals surface area contributed by atoms with E-state index in [-0.39, 0.29) is 17.9 Å². The molecule has 78 valence electrons. The summed E-state index contributed by atoms with van der Waals surface area (Å²) in [6.07, 6.45) is 2.74. The Bertz CT molecular complexity index is 148. The van der Waals surface area contributed by atoms with Gasteiger partial charge in [-0.2, -0.15) is 0 Å². The molecule has 0 aliphatic rings. The minimum Gasteiger partial charge on any atom is -0.356 e. The molecule has 0 radical (unpaired) electrons. The Morgan fingerprint density at radius 3 is 2.46 bits per heavy atom. The molecule has 0 aromatic rings. The van der Waals surface area contributed by atoms with Gasteiger partial charge in [0.1, 0.15) is 0 Å². The molecular formula is C10H22N2O. The van der Waals surface area contributed by atoms with Crippen molar-refractivity contribution in [2.75, 3.05) is 6.54 Å². The van der Waals surface area contributed by atoms with Crippen LogP contribution in [0.4, 0.5) is 0 Å². The van der Waals surface area contributed by atoms with Gasteiger partial charge in [0.2, 0.25) is 5.91 Å². The molecule has 1 amide bonds. The Balaban J connectivity index is 3.47. The molecule has 0 aliphatic carbocycles. The molecule has 3 N–H and O–H groups in total. The lowest BCUT2D eigenvalue weighted by molar-refractivity contribution is -0.124. The average Bonchev–Trinajstić information content (AvgIpc) is 2.15. The van der Waals surface area contributed by atoms with Gasteiger partial charge in [-0.3, -0.25) is 4.79 Å². The number of carbonyl (C=O) groups excluding carboxylic acids is 1. The van der Waals surface area contributed by atoms with Crippen LogP contribution in [0.15, 0.2) is 0 Å². The Morgan fingerprint density at radius 2 is 2.00 bits per heavy atom. The van der Waals surface area contributed by atoms with Crippen LogP contribution in [-0.2, 0) is 4.79 Å². The van der Waals surface area contributed by atoms with Gasteiger partial charge in [-0.25, -0.2) is 0 Å². The van der Waals surface area contributed by atoms with Crippen molar-refractivity contribution in [1.82, 2.24) is 5.32 Å². The summed E-state index contributed by atoms with van der Waals surface area (Å²) in [5.74, 6) is 0.267. The molecular weight excluding hydrogens is 164 g/mol. The zero-order chi connectivity index (χ0) is 10.3. The first-order valence-electron chi connectivity index (χ1n) is 5.15. The molecule has 13 heavy (non-hydrogen) atoms. The quantitative estimate of drug-likeness (QED) is 0.656. The van der Waals surface area contributed by atoms with E-state index in [2.05, 4.69) is 12.2 Å². The first-order chi connectivity index (χ1) is 6.11. The van der Waals surface area contributed by atoms with Crippen LogP contribution in [0.2, 0.25) is 0 Å². The molecule has 3 heteroatoms. The topological polar surface area (TPSA) is 55.1 Å². The Kier molecular flexibility index (Phi) is 6.59. The summed E-state index contributed by atoms with van der Waals surface area (Å²) in [5, 5.41) is 2.88. The number of hydrogen-bond donors (Lipinski definition) is 2. The third-order valence-electron chi connectivity index (χ3n) is 2.40. The number of nitrogens with one attached hydrogen (secondary N) is 1. The van der Waals surface area contributed by atoms with E-state index in [0.29, 0.717) is 6.54 Å². The summed E-state index contributed by atoms with van der Waals surface area (Å²) in [6.45, 7) is 6.72. The van der Waals surface area contributed by atoms with Crippen molar-refractivity contribution in [1.29, 1.82) is 0 Å². The van der Waals surface area contributed by atoms with Crippen LogP contribution in [0.3, 0.4) is 0 Å². The molecule has 0 saturated heterocycles. The molecule has 3 nitrogen and oxygen atoms in total. The Hall–Kier alpha value is -0.570. The molecule has 0 aromatic carbocycles. The van der Waals surface area contributed by atoms with Crippen LogP contribution in [0.5, 0.6) is 0 Å². The van der Waals surface area contributed by atoms with Gasteiger partial charge in [0.15, 0.2) is 0 Å². The molecule has 0 aromatic heterocycles. The molecule has 0 fully saturated rings. The summed E-state index contributed by atoms with van der Waals surface area (Å²) in [5.41, 5.74) is 5.72. The molecule has 2 unspecified atom stereocenters. The van der Waals surface area contributed by atoms with E-state index in [0.717, 1.165) is 19.3 Å². The van der Waals surface area contributed by atoms with Crippen molar-refractivity contribution in [3.8, 4) is 0 Å². The fraction of sp³-hybridized carbons (Fsp3) is 0.900. The van der Waals surface area contributed by atoms with Crippen LogP contribution in [-0.4, -0.2) is 18.5 Å². The molecule has 0 bridgehead atoms. The predicted molar refractivity (Wildman–Crippen MR) is 55.3 cm³/mol. The van der Waals surface area contributed by atoms with E-state index >= 15 is 0 Å². The van der Waals surface area contributed by atoms with Gasteiger partial charge in [-0.05, 0) is 19.3 Å². The van der Waals surface area contributed by atoms with Gasteiger partial charge in [0, 0.05) is 18.5 Å². The van der Waals surface area contributed by atoms with E-state index in [4.69, 9.17) is 5.73 Å². The standard InChI is InChI=1S/C10H22N2O/c1-4-8(3)10(13)12-7-6-9(11)5-2/h8-9H,4-7,11H2,1-3H3,(H,12,13). The van der Waals surface area contributed by atoms with Crippen molar-refractivity contribution in [2.24, 2.45) is 11.7 Å². The second-order valence-electron chi connectivity index (χ2n) is 3.56. The van der Waals surface area contributed by atoms with Crippen molar-refractivity contribution < 1.29 is 4.79 Å². The average molecular weight is 186 g/mol. The van der Waals surface area contributed by atoms with E-state index in [9.17, 15) is 4.79 Å². The van der Waals surface area contributed by atoms with Gasteiger partial charge in [-0.1, -0.05) is 20.8 Å². The fourth-order valence-corrected chi connectivity index (χ4v) is 0.945. The summed E-state index contributed by atoms with van der Waals surface area (Å²) in [7, 11) is 0. The van der Waals surface area contributed by atoms with Crippen LogP contribution < -0.4 is 11.1 Å². The highest BCUT2D eigenvalue weighted by Gasteiger charge is 2.09. The van der Waals surface area contributed by atoms with Gasteiger partial charge in [0.25, 0.3) is 0 Å². The lowest BCUT2D eigenvalue weighted by atomic mass is 10.1. The second kappa shape index (κ2) is 6.89. The third-order valence-corrected chi connectivity index (χ3v) is 2.40. The normalized spacial score (nSPS) is 15.1. The molecule has 0 aliphatic heterocycles. The minimum atomic E-state index is 0.123. The molecule has 0 spiro atoms. The van der Waals surface area contributed by atoms with E-state index in [1.54, 1.807) is 0 Å². The van der Waals surface area contributed by atoms with Gasteiger partial charge < -0.3 is 11.1 Å². The molecule has 0 heterocycles. The minimum absolute atomic E-state index is 0.123. The lowest BCUT2D eigenvalue weighted by Crippen LogP contribution is -2.33. The monoisotopic (exact) mass is 186 g/mol. The summed E-state index contributed by atoms with van der Waals surface area (Å²) in [4.78, 5) is 11.3. The Morgan fingerprint density at radius 1 is 1.38 bits per heavy atom. The van der Waals surface area contributed by atoms with Crippen LogP contribution >= 0.6 is 0 Å². The first kappa shape index (κ1) is 12.4. The van der Waals surface area contributed by atoms with Crippen LogP contribution in [0, 0.1) is 5.92 Å². The van der Waals surface area contributed by atoms with Crippen molar-refractivity contribution in [2.45, 2.75) is 46.1 Å². The first-order valence-corrected chi connectivity index (χ1v) is 5.15. The zero-order valence-electron chi connectivity index (χ0n) is 8.97. The predicted octanol–water partition coefficient (Wildman–Crippen LogP) is 1.28. The largest absolute Gasteiger partial charge is 0.356 e. The summed E-state index contributed by atoms with van der Waals surface area (Å²) >= 11 is 0. The maximum Gasteiger partial charge on any atom is 0.222 e. The lowest BCUT2D eigenvalue weighted by Gasteiger charge is -2.12. The number of hydrogen-bond acceptors (Lipinski definition) is 2. The summed E-state index contributed by atoms with van der Waals surface area (Å²) in [6, 6.07) is 0.220. The van der Waals surface area contributed by atoms with E-state index in [1.165, 1.54) is 0 Å². The maximum absolute atomic E-state index is 11.3. The number of nitrogens with two attached hydrogens (primary N) is 1. The van der Waals surface area contributed by atoms with Crippen molar-refractivity contribution in [3.05, 3.63) is 0 Å². The highest BCUT2D eigenvalue weighted by atomic mass is 16.1. The molecule has 0 saturated carbocycles. The van der Waals surface area contributed by atoms with E-state index < -0.39 is 0 Å². The van der Waals surface area contributed by atoms with E-state index in [1.807, 2.05) is 13.8 Å². The highest BCUT2D eigenvalue weighted by molar-refractivity contribution is 5.78. The Labute approximate surface area is 81.1 Å². The third kappa shape index (κ3) is 5.64. The molecule has 2 atom stereocenters.